The van der Waals surface area contributed by atoms with Crippen LogP contribution in [0.25, 0.3) is 10.9 Å². The Morgan fingerprint density at radius 3 is 2.92 bits per heavy atom. The van der Waals surface area contributed by atoms with Gasteiger partial charge in [0, 0.05) is 25.2 Å². The maximum Gasteiger partial charge on any atom is 0.155 e. The molecule has 1 heterocycles. The number of nitrogen functional groups attached to an aromatic ring is 1. The van der Waals surface area contributed by atoms with Gasteiger partial charge in [-0.2, -0.15) is 5.10 Å². The number of nitrogens with zero attached hydrogens (tertiary/aromatic N) is 2. The molecule has 0 unspecified atom stereocenters. The van der Waals surface area contributed by atoms with Crippen LogP contribution >= 0.6 is 0 Å². The number of aromatic nitrogens is 2. The molecule has 0 bridgehead atoms. The normalized spacial score (nSPS) is 10.6. The van der Waals surface area contributed by atoms with Gasteiger partial charge < -0.3 is 11.1 Å². The highest BCUT2D eigenvalue weighted by Crippen LogP contribution is 2.23. The summed E-state index contributed by atoms with van der Waals surface area (Å²) < 4.78 is 1.83. The summed E-state index contributed by atoms with van der Waals surface area (Å²) in [7, 11) is 3.77. The minimum Gasteiger partial charge on any atom is -0.399 e. The first kappa shape index (κ1) is 7.91. The van der Waals surface area contributed by atoms with E-state index in [4.69, 9.17) is 5.73 Å². The zero-order chi connectivity index (χ0) is 9.42. The second kappa shape index (κ2) is 2.65. The molecular formula is C9H12N4. The van der Waals surface area contributed by atoms with Gasteiger partial charge in [-0.15, -0.1) is 0 Å². The number of rotatable bonds is 1. The molecule has 0 saturated heterocycles. The van der Waals surface area contributed by atoms with Crippen LogP contribution < -0.4 is 11.1 Å². The molecule has 13 heavy (non-hydrogen) atoms. The number of benzene rings is 1. The molecule has 3 N–H and O–H groups in total. The Morgan fingerprint density at radius 1 is 1.46 bits per heavy atom. The summed E-state index contributed by atoms with van der Waals surface area (Å²) in [4.78, 5) is 0. The van der Waals surface area contributed by atoms with E-state index < -0.39 is 0 Å². The van der Waals surface area contributed by atoms with Gasteiger partial charge >= 0.3 is 0 Å². The van der Waals surface area contributed by atoms with E-state index in [0.29, 0.717) is 0 Å². The molecule has 4 nitrogen and oxygen atoms in total. The fraction of sp³-hybridized carbons (Fsp3) is 0.222. The van der Waals surface area contributed by atoms with Crippen molar-refractivity contribution in [2.75, 3.05) is 18.1 Å². The van der Waals surface area contributed by atoms with Crippen LogP contribution in [0.5, 0.6) is 0 Å². The minimum absolute atomic E-state index is 0.761. The predicted octanol–water partition coefficient (Wildman–Crippen LogP) is 1.20. The monoisotopic (exact) mass is 176 g/mol. The fourth-order valence-corrected chi connectivity index (χ4v) is 1.47. The van der Waals surface area contributed by atoms with E-state index in [0.717, 1.165) is 22.4 Å². The van der Waals surface area contributed by atoms with Crippen molar-refractivity contribution in [2.45, 2.75) is 0 Å². The number of nitrogens with one attached hydrogen (secondary N) is 1. The van der Waals surface area contributed by atoms with E-state index in [2.05, 4.69) is 10.4 Å². The van der Waals surface area contributed by atoms with Crippen LogP contribution in [-0.4, -0.2) is 16.8 Å². The smallest absolute Gasteiger partial charge is 0.155 e. The van der Waals surface area contributed by atoms with Crippen LogP contribution in [0.15, 0.2) is 18.2 Å². The third-order valence-electron chi connectivity index (χ3n) is 2.11. The van der Waals surface area contributed by atoms with Crippen LogP contribution in [0, 0.1) is 0 Å². The van der Waals surface area contributed by atoms with Gasteiger partial charge in [0.05, 0.1) is 5.52 Å². The average molecular weight is 176 g/mol. The van der Waals surface area contributed by atoms with E-state index in [9.17, 15) is 0 Å². The summed E-state index contributed by atoms with van der Waals surface area (Å²) >= 11 is 0. The van der Waals surface area contributed by atoms with Crippen molar-refractivity contribution in [3.8, 4) is 0 Å². The zero-order valence-corrected chi connectivity index (χ0v) is 7.70. The van der Waals surface area contributed by atoms with Gasteiger partial charge in [-0.3, -0.25) is 4.68 Å². The second-order valence-electron chi connectivity index (χ2n) is 3.00. The van der Waals surface area contributed by atoms with Crippen molar-refractivity contribution >= 4 is 22.4 Å². The number of anilines is 2. The molecule has 1 aromatic carbocycles. The number of nitrogens with two attached hydrogens (primary N) is 1. The molecule has 0 radical (unpaired) electrons. The number of hydrogen-bond donors (Lipinski definition) is 2. The van der Waals surface area contributed by atoms with E-state index in [-0.39, 0.29) is 0 Å². The van der Waals surface area contributed by atoms with Crippen molar-refractivity contribution in [1.82, 2.24) is 9.78 Å². The van der Waals surface area contributed by atoms with Crippen LogP contribution in [-0.2, 0) is 7.05 Å². The lowest BCUT2D eigenvalue weighted by Crippen LogP contribution is -1.92. The Bertz CT molecular complexity index is 444. The molecule has 0 aliphatic heterocycles. The van der Waals surface area contributed by atoms with Crippen LogP contribution in [0.4, 0.5) is 11.5 Å². The van der Waals surface area contributed by atoms with Crippen molar-refractivity contribution in [3.63, 3.8) is 0 Å². The average Bonchev–Trinajstić information content (AvgIpc) is 2.42. The Kier molecular flexibility index (Phi) is 1.62. The summed E-state index contributed by atoms with van der Waals surface area (Å²) in [5, 5.41) is 8.39. The molecule has 0 aliphatic carbocycles. The molecule has 4 heteroatoms. The lowest BCUT2D eigenvalue weighted by atomic mass is 10.2. The van der Waals surface area contributed by atoms with E-state index >= 15 is 0 Å². The molecule has 0 aliphatic rings. The Morgan fingerprint density at radius 2 is 2.23 bits per heavy atom. The quantitative estimate of drug-likeness (QED) is 0.642. The van der Waals surface area contributed by atoms with Gasteiger partial charge in [-0.25, -0.2) is 0 Å². The molecule has 0 spiro atoms. The molecule has 0 atom stereocenters. The minimum atomic E-state index is 0.761. The SMILES string of the molecule is CNc1nn(C)c2ccc(N)cc12. The Hall–Kier alpha value is -1.71. The molecule has 2 rings (SSSR count). The van der Waals surface area contributed by atoms with Crippen LogP contribution in [0.3, 0.4) is 0 Å². The van der Waals surface area contributed by atoms with Gasteiger partial charge in [-0.1, -0.05) is 0 Å². The summed E-state index contributed by atoms with van der Waals surface area (Å²) in [6, 6.07) is 5.77. The first-order valence-corrected chi connectivity index (χ1v) is 4.12. The molecule has 68 valence electrons. The van der Waals surface area contributed by atoms with Crippen molar-refractivity contribution < 1.29 is 0 Å². The van der Waals surface area contributed by atoms with Crippen LogP contribution in [0.1, 0.15) is 0 Å². The molecule has 1 aromatic heterocycles. The van der Waals surface area contributed by atoms with Gasteiger partial charge in [-0.05, 0) is 18.2 Å². The maximum absolute atomic E-state index is 5.69. The molecular weight excluding hydrogens is 164 g/mol. The zero-order valence-electron chi connectivity index (χ0n) is 7.70. The highest BCUT2D eigenvalue weighted by Gasteiger charge is 2.05. The lowest BCUT2D eigenvalue weighted by Gasteiger charge is -1.95. The highest BCUT2D eigenvalue weighted by atomic mass is 15.3. The largest absolute Gasteiger partial charge is 0.399 e. The Labute approximate surface area is 76.3 Å². The summed E-state index contributed by atoms with van der Waals surface area (Å²) in [6.07, 6.45) is 0. The van der Waals surface area contributed by atoms with Gasteiger partial charge in [0.1, 0.15) is 0 Å². The number of aryl methyl sites for hydroxylation is 1. The van der Waals surface area contributed by atoms with Crippen LogP contribution in [0.2, 0.25) is 0 Å². The lowest BCUT2D eigenvalue weighted by molar-refractivity contribution is 0.800. The van der Waals surface area contributed by atoms with Gasteiger partial charge in [0.2, 0.25) is 0 Å². The number of hydrogen-bond acceptors (Lipinski definition) is 3. The Balaban J connectivity index is 2.81. The summed E-state index contributed by atoms with van der Waals surface area (Å²) in [6.45, 7) is 0. The third kappa shape index (κ3) is 1.11. The summed E-state index contributed by atoms with van der Waals surface area (Å²) in [5.74, 6) is 0.866. The number of fused-ring (bicyclic) bond motifs is 1. The molecule has 2 aromatic rings. The van der Waals surface area contributed by atoms with E-state index in [1.54, 1.807) is 0 Å². The summed E-state index contributed by atoms with van der Waals surface area (Å²) in [5.41, 5.74) is 7.54. The highest BCUT2D eigenvalue weighted by molar-refractivity contribution is 5.92. The third-order valence-corrected chi connectivity index (χ3v) is 2.11. The van der Waals surface area contributed by atoms with Gasteiger partial charge in [0.15, 0.2) is 5.82 Å². The topological polar surface area (TPSA) is 55.9 Å². The molecule has 0 saturated carbocycles. The van der Waals surface area contributed by atoms with Gasteiger partial charge in [0.25, 0.3) is 0 Å². The first-order chi connectivity index (χ1) is 6.22. The van der Waals surface area contributed by atoms with E-state index in [1.807, 2.05) is 37.0 Å². The van der Waals surface area contributed by atoms with Crippen molar-refractivity contribution in [2.24, 2.45) is 7.05 Å². The van der Waals surface area contributed by atoms with E-state index in [1.165, 1.54) is 0 Å². The van der Waals surface area contributed by atoms with Crippen molar-refractivity contribution in [1.29, 1.82) is 0 Å². The predicted molar refractivity (Wildman–Crippen MR) is 54.7 cm³/mol. The standard InChI is InChI=1S/C9H12N4/c1-11-9-7-5-6(10)3-4-8(7)13(2)12-9/h3-5H,10H2,1-2H3,(H,11,12). The first-order valence-electron chi connectivity index (χ1n) is 4.12. The fourth-order valence-electron chi connectivity index (χ4n) is 1.47. The van der Waals surface area contributed by atoms with Crippen molar-refractivity contribution in [3.05, 3.63) is 18.2 Å². The molecule has 0 fully saturated rings. The molecule has 0 amide bonds. The maximum atomic E-state index is 5.69. The second-order valence-corrected chi connectivity index (χ2v) is 3.00.